The van der Waals surface area contributed by atoms with Crippen LogP contribution in [0, 0.1) is 5.82 Å². The highest BCUT2D eigenvalue weighted by Gasteiger charge is 2.10. The maximum atomic E-state index is 13.6. The molecule has 2 aromatic carbocycles. The number of benzene rings is 2. The largest absolute Gasteiger partial charge is 0.481 e. The predicted molar refractivity (Wildman–Crippen MR) is 97.1 cm³/mol. The van der Waals surface area contributed by atoms with Crippen LogP contribution in [0.15, 0.2) is 46.9 Å². The topological polar surface area (TPSA) is 67.4 Å². The van der Waals surface area contributed by atoms with Gasteiger partial charge in [0, 0.05) is 10.2 Å². The van der Waals surface area contributed by atoms with Gasteiger partial charge in [-0.25, -0.2) is 4.39 Å². The lowest BCUT2D eigenvalue weighted by Gasteiger charge is -2.11. The summed E-state index contributed by atoms with van der Waals surface area (Å²) in [5.74, 6) is -1.46. The van der Waals surface area contributed by atoms with E-state index in [0.29, 0.717) is 4.47 Å². The van der Waals surface area contributed by atoms with E-state index in [-0.39, 0.29) is 24.8 Å². The van der Waals surface area contributed by atoms with Crippen molar-refractivity contribution in [2.24, 2.45) is 0 Å². The number of nitrogens with one attached hydrogen (secondary N) is 2. The number of rotatable bonds is 7. The molecule has 2 amide bonds. The van der Waals surface area contributed by atoms with Crippen LogP contribution >= 0.6 is 15.9 Å². The second-order valence-electron chi connectivity index (χ2n) is 5.20. The van der Waals surface area contributed by atoms with E-state index in [1.807, 2.05) is 25.1 Å². The highest BCUT2D eigenvalue weighted by Crippen LogP contribution is 2.21. The molecule has 0 aliphatic heterocycles. The molecule has 0 radical (unpaired) electrons. The molecule has 5 nitrogen and oxygen atoms in total. The zero-order valence-electron chi connectivity index (χ0n) is 13.6. The van der Waals surface area contributed by atoms with Crippen molar-refractivity contribution in [2.45, 2.75) is 13.3 Å². The van der Waals surface area contributed by atoms with Gasteiger partial charge in [0.2, 0.25) is 5.91 Å². The van der Waals surface area contributed by atoms with Crippen LogP contribution in [0.1, 0.15) is 12.5 Å². The maximum absolute atomic E-state index is 13.6. The number of anilines is 1. The van der Waals surface area contributed by atoms with Crippen LogP contribution in [0.2, 0.25) is 0 Å². The number of carbonyl (C=O) groups is 2. The summed E-state index contributed by atoms with van der Waals surface area (Å²) in [6, 6.07) is 11.7. The average molecular weight is 409 g/mol. The molecule has 2 aromatic rings. The Hall–Kier alpha value is -2.41. The second kappa shape index (κ2) is 9.17. The number of carbonyl (C=O) groups excluding carboxylic acids is 2. The summed E-state index contributed by atoms with van der Waals surface area (Å²) in [5, 5.41) is 5.18. The highest BCUT2D eigenvalue weighted by molar-refractivity contribution is 9.10. The summed E-state index contributed by atoms with van der Waals surface area (Å²) in [5.41, 5.74) is 1.73. The van der Waals surface area contributed by atoms with E-state index < -0.39 is 11.7 Å². The standard InChI is InChI=1S/C18H18BrFN2O3/c1-2-12-5-3-4-6-15(12)22-17(23)10-21-18(24)11-25-16-8-7-13(19)9-14(16)20/h3-9H,2,10-11H2,1H3,(H,21,24)(H,22,23). The van der Waals surface area contributed by atoms with Gasteiger partial charge in [0.25, 0.3) is 5.91 Å². The fourth-order valence-corrected chi connectivity index (χ4v) is 2.44. The summed E-state index contributed by atoms with van der Waals surface area (Å²) in [4.78, 5) is 23.6. The van der Waals surface area contributed by atoms with Crippen molar-refractivity contribution in [1.82, 2.24) is 5.32 Å². The Morgan fingerprint density at radius 2 is 1.92 bits per heavy atom. The lowest BCUT2D eigenvalue weighted by atomic mass is 10.1. The normalized spacial score (nSPS) is 10.2. The summed E-state index contributed by atoms with van der Waals surface area (Å²) >= 11 is 3.14. The molecule has 7 heteroatoms. The molecule has 0 spiro atoms. The molecule has 2 rings (SSSR count). The first kappa shape index (κ1) is 18.9. The molecule has 0 aliphatic rings. The fraction of sp³-hybridized carbons (Fsp3) is 0.222. The van der Waals surface area contributed by atoms with Gasteiger partial charge < -0.3 is 15.4 Å². The quantitative estimate of drug-likeness (QED) is 0.738. The van der Waals surface area contributed by atoms with Crippen LogP contribution in [-0.4, -0.2) is 25.0 Å². The average Bonchev–Trinajstić information content (AvgIpc) is 2.59. The Morgan fingerprint density at radius 1 is 1.16 bits per heavy atom. The van der Waals surface area contributed by atoms with Crippen LogP contribution in [0.5, 0.6) is 5.75 Å². The Balaban J connectivity index is 1.78. The molecule has 0 unspecified atom stereocenters. The fourth-order valence-electron chi connectivity index (χ4n) is 2.11. The third-order valence-electron chi connectivity index (χ3n) is 3.37. The zero-order chi connectivity index (χ0) is 18.2. The highest BCUT2D eigenvalue weighted by atomic mass is 79.9. The van der Waals surface area contributed by atoms with Crippen molar-refractivity contribution in [2.75, 3.05) is 18.5 Å². The van der Waals surface area contributed by atoms with Crippen LogP contribution in [0.4, 0.5) is 10.1 Å². The number of ether oxygens (including phenoxy) is 1. The van der Waals surface area contributed by atoms with Gasteiger partial charge in [-0.2, -0.15) is 0 Å². The summed E-state index contributed by atoms with van der Waals surface area (Å²) in [7, 11) is 0. The van der Waals surface area contributed by atoms with E-state index in [2.05, 4.69) is 26.6 Å². The van der Waals surface area contributed by atoms with Gasteiger partial charge in [0.1, 0.15) is 0 Å². The third-order valence-corrected chi connectivity index (χ3v) is 3.86. The van der Waals surface area contributed by atoms with E-state index in [1.54, 1.807) is 12.1 Å². The van der Waals surface area contributed by atoms with E-state index >= 15 is 0 Å². The molecule has 0 saturated carbocycles. The summed E-state index contributed by atoms with van der Waals surface area (Å²) in [6.45, 7) is 1.42. The molecule has 0 aliphatic carbocycles. The molecule has 2 N–H and O–H groups in total. The number of para-hydroxylation sites is 1. The molecule has 0 atom stereocenters. The van der Waals surface area contributed by atoms with Crippen LogP contribution in [0.25, 0.3) is 0 Å². The van der Waals surface area contributed by atoms with E-state index in [9.17, 15) is 14.0 Å². The van der Waals surface area contributed by atoms with Crippen molar-refractivity contribution in [3.63, 3.8) is 0 Å². The van der Waals surface area contributed by atoms with Gasteiger partial charge in [0.05, 0.1) is 6.54 Å². The Kier molecular flexibility index (Phi) is 6.94. The molecule has 132 valence electrons. The number of halogens is 2. The molecule has 0 saturated heterocycles. The van der Waals surface area contributed by atoms with Gasteiger partial charge in [-0.05, 0) is 36.2 Å². The van der Waals surface area contributed by atoms with E-state index in [1.165, 1.54) is 12.1 Å². The number of hydrogen-bond donors (Lipinski definition) is 2. The van der Waals surface area contributed by atoms with E-state index in [0.717, 1.165) is 17.7 Å². The third kappa shape index (κ3) is 5.86. The molecule has 25 heavy (non-hydrogen) atoms. The number of aryl methyl sites for hydroxylation is 1. The Bertz CT molecular complexity index is 768. The second-order valence-corrected chi connectivity index (χ2v) is 6.11. The SMILES string of the molecule is CCc1ccccc1NC(=O)CNC(=O)COc1ccc(Br)cc1F. The monoisotopic (exact) mass is 408 g/mol. The minimum atomic E-state index is -0.573. The van der Waals surface area contributed by atoms with Gasteiger partial charge in [-0.15, -0.1) is 0 Å². The summed E-state index contributed by atoms with van der Waals surface area (Å²) in [6.07, 6.45) is 0.787. The first-order valence-electron chi connectivity index (χ1n) is 7.72. The minimum absolute atomic E-state index is 0.0281. The van der Waals surface area contributed by atoms with Crippen LogP contribution in [0.3, 0.4) is 0 Å². The maximum Gasteiger partial charge on any atom is 0.258 e. The van der Waals surface area contributed by atoms with E-state index in [4.69, 9.17) is 4.74 Å². The zero-order valence-corrected chi connectivity index (χ0v) is 15.2. The van der Waals surface area contributed by atoms with Gasteiger partial charge in [-0.1, -0.05) is 41.1 Å². The Labute approximate surface area is 153 Å². The number of amides is 2. The molecule has 0 fully saturated rings. The van der Waals surface area contributed by atoms with Crippen molar-refractivity contribution in [1.29, 1.82) is 0 Å². The van der Waals surface area contributed by atoms with Crippen molar-refractivity contribution >= 4 is 33.4 Å². The van der Waals surface area contributed by atoms with Crippen molar-refractivity contribution in [3.8, 4) is 5.75 Å². The van der Waals surface area contributed by atoms with Crippen LogP contribution < -0.4 is 15.4 Å². The van der Waals surface area contributed by atoms with Gasteiger partial charge in [-0.3, -0.25) is 9.59 Å². The van der Waals surface area contributed by atoms with Gasteiger partial charge in [0.15, 0.2) is 18.2 Å². The predicted octanol–water partition coefficient (Wildman–Crippen LogP) is 3.28. The first-order chi connectivity index (χ1) is 12.0. The number of hydrogen-bond acceptors (Lipinski definition) is 3. The van der Waals surface area contributed by atoms with Crippen LogP contribution in [-0.2, 0) is 16.0 Å². The molecular formula is C18H18BrFN2O3. The lowest BCUT2D eigenvalue weighted by molar-refractivity contribution is -0.125. The molecule has 0 aromatic heterocycles. The smallest absolute Gasteiger partial charge is 0.258 e. The summed E-state index contributed by atoms with van der Waals surface area (Å²) < 4.78 is 19.3. The minimum Gasteiger partial charge on any atom is -0.481 e. The molecular weight excluding hydrogens is 391 g/mol. The lowest BCUT2D eigenvalue weighted by Crippen LogP contribution is -2.36. The van der Waals surface area contributed by atoms with Crippen molar-refractivity contribution < 1.29 is 18.7 Å². The first-order valence-corrected chi connectivity index (χ1v) is 8.51. The molecule has 0 bridgehead atoms. The Morgan fingerprint density at radius 3 is 2.64 bits per heavy atom. The van der Waals surface area contributed by atoms with Crippen molar-refractivity contribution in [3.05, 3.63) is 58.3 Å². The molecule has 0 heterocycles. The van der Waals surface area contributed by atoms with Gasteiger partial charge >= 0.3 is 0 Å².